The van der Waals surface area contributed by atoms with Crippen molar-refractivity contribution < 1.29 is 9.53 Å². The molecule has 74 valence electrons. The van der Waals surface area contributed by atoms with Gasteiger partial charge in [0.2, 0.25) is 0 Å². The van der Waals surface area contributed by atoms with Crippen molar-refractivity contribution in [3.63, 3.8) is 0 Å². The maximum absolute atomic E-state index is 11.5. The Balaban J connectivity index is 2.14. The lowest BCUT2D eigenvalue weighted by Crippen LogP contribution is -2.32. The molecule has 0 aromatic heterocycles. The molecule has 0 saturated heterocycles. The van der Waals surface area contributed by atoms with E-state index in [0.717, 1.165) is 12.3 Å². The summed E-state index contributed by atoms with van der Waals surface area (Å²) in [6.07, 6.45) is 3.61. The molecule has 2 heteroatoms. The van der Waals surface area contributed by atoms with Crippen LogP contribution in [0.15, 0.2) is 0 Å². The van der Waals surface area contributed by atoms with E-state index in [2.05, 4.69) is 13.8 Å². The van der Waals surface area contributed by atoms with E-state index >= 15 is 0 Å². The first-order valence-electron chi connectivity index (χ1n) is 5.12. The summed E-state index contributed by atoms with van der Waals surface area (Å²) in [6, 6.07) is 0. The van der Waals surface area contributed by atoms with Crippen molar-refractivity contribution in [1.82, 2.24) is 0 Å². The summed E-state index contributed by atoms with van der Waals surface area (Å²) in [6.45, 7) is 4.57. The molecular formula is C11H18O2. The Bertz CT molecular complexity index is 232. The number of carbonyl (C=O) groups is 1. The largest absolute Gasteiger partial charge is 0.469 e. The van der Waals surface area contributed by atoms with Gasteiger partial charge in [0.1, 0.15) is 0 Å². The highest BCUT2D eigenvalue weighted by atomic mass is 16.5. The van der Waals surface area contributed by atoms with Crippen LogP contribution in [0.4, 0.5) is 0 Å². The fraction of sp³-hybridized carbons (Fsp3) is 0.909. The van der Waals surface area contributed by atoms with Gasteiger partial charge in [-0.15, -0.1) is 0 Å². The lowest BCUT2D eigenvalue weighted by Gasteiger charge is -2.34. The first kappa shape index (κ1) is 9.04. The maximum Gasteiger partial charge on any atom is 0.308 e. The van der Waals surface area contributed by atoms with Gasteiger partial charge < -0.3 is 4.74 Å². The molecule has 0 aliphatic heterocycles. The van der Waals surface area contributed by atoms with E-state index in [9.17, 15) is 4.79 Å². The van der Waals surface area contributed by atoms with Crippen LogP contribution in [-0.2, 0) is 9.53 Å². The molecule has 2 rings (SSSR count). The number of hydrogen-bond donors (Lipinski definition) is 0. The third kappa shape index (κ3) is 1.27. The summed E-state index contributed by atoms with van der Waals surface area (Å²) in [4.78, 5) is 11.5. The summed E-state index contributed by atoms with van der Waals surface area (Å²) >= 11 is 0. The van der Waals surface area contributed by atoms with Crippen LogP contribution in [0.25, 0.3) is 0 Å². The van der Waals surface area contributed by atoms with Crippen molar-refractivity contribution in [2.45, 2.75) is 33.1 Å². The second-order valence-corrected chi connectivity index (χ2v) is 5.27. The number of fused-ring (bicyclic) bond motifs is 2. The van der Waals surface area contributed by atoms with Gasteiger partial charge in [-0.05, 0) is 36.5 Å². The number of rotatable bonds is 1. The summed E-state index contributed by atoms with van der Waals surface area (Å²) < 4.78 is 4.84. The highest BCUT2D eigenvalue weighted by molar-refractivity contribution is 5.73. The van der Waals surface area contributed by atoms with E-state index in [1.54, 1.807) is 0 Å². The molecule has 0 spiro atoms. The van der Waals surface area contributed by atoms with E-state index in [0.29, 0.717) is 11.3 Å². The van der Waals surface area contributed by atoms with Crippen LogP contribution in [0, 0.1) is 23.2 Å². The Morgan fingerprint density at radius 1 is 1.38 bits per heavy atom. The molecule has 2 bridgehead atoms. The molecular weight excluding hydrogens is 164 g/mol. The van der Waals surface area contributed by atoms with Crippen molar-refractivity contribution in [2.75, 3.05) is 7.11 Å². The number of esters is 1. The first-order valence-corrected chi connectivity index (χ1v) is 5.12. The summed E-state index contributed by atoms with van der Waals surface area (Å²) in [7, 11) is 1.50. The average molecular weight is 182 g/mol. The fourth-order valence-corrected chi connectivity index (χ4v) is 3.48. The van der Waals surface area contributed by atoms with Crippen molar-refractivity contribution in [3.8, 4) is 0 Å². The molecule has 0 N–H and O–H groups in total. The number of carbonyl (C=O) groups excluding carboxylic acids is 1. The lowest BCUT2D eigenvalue weighted by molar-refractivity contribution is -0.149. The quantitative estimate of drug-likeness (QED) is 0.581. The molecule has 0 radical (unpaired) electrons. The number of hydrogen-bond acceptors (Lipinski definition) is 2. The first-order chi connectivity index (χ1) is 6.04. The van der Waals surface area contributed by atoms with Crippen LogP contribution in [0.5, 0.6) is 0 Å². The second-order valence-electron chi connectivity index (χ2n) is 5.27. The molecule has 2 fully saturated rings. The Hall–Kier alpha value is -0.530. The zero-order valence-electron chi connectivity index (χ0n) is 8.67. The van der Waals surface area contributed by atoms with Gasteiger partial charge in [-0.25, -0.2) is 0 Å². The molecule has 3 atom stereocenters. The van der Waals surface area contributed by atoms with E-state index in [4.69, 9.17) is 4.74 Å². The van der Waals surface area contributed by atoms with Gasteiger partial charge in [0, 0.05) is 0 Å². The van der Waals surface area contributed by atoms with Gasteiger partial charge in [0.25, 0.3) is 0 Å². The van der Waals surface area contributed by atoms with E-state index in [1.165, 1.54) is 20.0 Å². The predicted molar refractivity (Wildman–Crippen MR) is 50.1 cm³/mol. The molecule has 3 unspecified atom stereocenters. The lowest BCUT2D eigenvalue weighted by atomic mass is 9.71. The standard InChI is InChI=1S/C11H18O2/c1-11(2)6-7-4-8(9(11)5-7)10(12)13-3/h7-9H,4-6H2,1-3H3. The molecule has 0 heterocycles. The highest BCUT2D eigenvalue weighted by Crippen LogP contribution is 2.58. The minimum Gasteiger partial charge on any atom is -0.469 e. The van der Waals surface area contributed by atoms with Gasteiger partial charge >= 0.3 is 5.97 Å². The molecule has 0 amide bonds. The van der Waals surface area contributed by atoms with Crippen molar-refractivity contribution in [1.29, 1.82) is 0 Å². The molecule has 2 nitrogen and oxygen atoms in total. The van der Waals surface area contributed by atoms with Crippen molar-refractivity contribution in [3.05, 3.63) is 0 Å². The second kappa shape index (κ2) is 2.73. The Morgan fingerprint density at radius 2 is 2.08 bits per heavy atom. The average Bonchev–Trinajstić information content (AvgIpc) is 2.57. The monoisotopic (exact) mass is 182 g/mol. The van der Waals surface area contributed by atoms with Gasteiger partial charge in [-0.1, -0.05) is 13.8 Å². The summed E-state index contributed by atoms with van der Waals surface area (Å²) in [5, 5.41) is 0. The van der Waals surface area contributed by atoms with Gasteiger partial charge in [-0.2, -0.15) is 0 Å². The molecule has 13 heavy (non-hydrogen) atoms. The molecule has 2 saturated carbocycles. The topological polar surface area (TPSA) is 26.3 Å². The van der Waals surface area contributed by atoms with Crippen LogP contribution in [0.1, 0.15) is 33.1 Å². The third-order valence-electron chi connectivity index (χ3n) is 3.98. The number of ether oxygens (including phenoxy) is 1. The minimum atomic E-state index is 0.0141. The van der Waals surface area contributed by atoms with Crippen molar-refractivity contribution >= 4 is 5.97 Å². The molecule has 0 aromatic carbocycles. The predicted octanol–water partition coefficient (Wildman–Crippen LogP) is 2.23. The summed E-state index contributed by atoms with van der Waals surface area (Å²) in [5.41, 5.74) is 0.363. The normalized spacial score (nSPS) is 40.7. The SMILES string of the molecule is COC(=O)C1CC2CC1C(C)(C)C2. The smallest absolute Gasteiger partial charge is 0.308 e. The zero-order chi connectivity index (χ0) is 9.64. The Kier molecular flexibility index (Phi) is 1.90. The van der Waals surface area contributed by atoms with Gasteiger partial charge in [0.15, 0.2) is 0 Å². The molecule has 0 aromatic rings. The molecule has 2 aliphatic carbocycles. The summed E-state index contributed by atoms with van der Waals surface area (Å²) in [5.74, 6) is 1.56. The third-order valence-corrected chi connectivity index (χ3v) is 3.98. The van der Waals surface area contributed by atoms with E-state index < -0.39 is 0 Å². The van der Waals surface area contributed by atoms with Crippen LogP contribution in [-0.4, -0.2) is 13.1 Å². The minimum absolute atomic E-state index is 0.0141. The zero-order valence-corrected chi connectivity index (χ0v) is 8.67. The maximum atomic E-state index is 11.5. The van der Waals surface area contributed by atoms with Crippen LogP contribution < -0.4 is 0 Å². The van der Waals surface area contributed by atoms with Crippen molar-refractivity contribution in [2.24, 2.45) is 23.2 Å². The van der Waals surface area contributed by atoms with Crippen LogP contribution in [0.3, 0.4) is 0 Å². The highest BCUT2D eigenvalue weighted by Gasteiger charge is 2.53. The van der Waals surface area contributed by atoms with Gasteiger partial charge in [0.05, 0.1) is 13.0 Å². The number of methoxy groups -OCH3 is 1. The van der Waals surface area contributed by atoms with E-state index in [-0.39, 0.29) is 11.9 Å². The van der Waals surface area contributed by atoms with Gasteiger partial charge in [-0.3, -0.25) is 4.79 Å². The Labute approximate surface area is 79.7 Å². The Morgan fingerprint density at radius 3 is 2.54 bits per heavy atom. The van der Waals surface area contributed by atoms with Crippen LogP contribution >= 0.6 is 0 Å². The molecule has 2 aliphatic rings. The fourth-order valence-electron chi connectivity index (χ4n) is 3.48. The van der Waals surface area contributed by atoms with Crippen LogP contribution in [0.2, 0.25) is 0 Å². The van der Waals surface area contributed by atoms with E-state index in [1.807, 2.05) is 0 Å².